The number of aromatic nitrogens is 3. The summed E-state index contributed by atoms with van der Waals surface area (Å²) in [4.78, 5) is 15.6. The normalized spacial score (nSPS) is 10.2. The minimum Gasteiger partial charge on any atom is -0.495 e. The summed E-state index contributed by atoms with van der Waals surface area (Å²) in [6.07, 6.45) is 2.87. The number of benzene rings is 1. The first kappa shape index (κ1) is 11.6. The second kappa shape index (κ2) is 4.97. The van der Waals surface area contributed by atoms with E-state index in [-0.39, 0.29) is 12.3 Å². The molecule has 0 bridgehead atoms. The van der Waals surface area contributed by atoms with E-state index < -0.39 is 0 Å². The van der Waals surface area contributed by atoms with Crippen LogP contribution in [0, 0.1) is 0 Å². The fraction of sp³-hybridized carbons (Fsp3) is 0.182. The Kier molecular flexibility index (Phi) is 3.39. The zero-order valence-electron chi connectivity index (χ0n) is 9.13. The van der Waals surface area contributed by atoms with Gasteiger partial charge in [0.25, 0.3) is 0 Å². The zero-order valence-corrected chi connectivity index (χ0v) is 9.89. The van der Waals surface area contributed by atoms with Crippen LogP contribution in [-0.2, 0) is 6.54 Å². The molecule has 0 radical (unpaired) electrons. The lowest BCUT2D eigenvalue weighted by Gasteiger charge is -2.05. The van der Waals surface area contributed by atoms with Crippen LogP contribution in [0.1, 0.15) is 10.4 Å². The van der Waals surface area contributed by atoms with Gasteiger partial charge in [-0.1, -0.05) is 11.6 Å². The van der Waals surface area contributed by atoms with E-state index in [1.807, 2.05) is 0 Å². The first-order valence-electron chi connectivity index (χ1n) is 4.90. The molecule has 1 aromatic carbocycles. The van der Waals surface area contributed by atoms with Gasteiger partial charge in [-0.05, 0) is 18.2 Å². The van der Waals surface area contributed by atoms with Gasteiger partial charge in [-0.3, -0.25) is 4.79 Å². The first-order chi connectivity index (χ1) is 8.20. The average Bonchev–Trinajstić information content (AvgIpc) is 2.81. The summed E-state index contributed by atoms with van der Waals surface area (Å²) in [5.41, 5.74) is 0.520. The molecule has 0 fully saturated rings. The number of hydrogen-bond donors (Lipinski definition) is 0. The topological polar surface area (TPSA) is 57.0 Å². The number of halogens is 1. The van der Waals surface area contributed by atoms with Gasteiger partial charge in [-0.25, -0.2) is 9.67 Å². The fourth-order valence-corrected chi connectivity index (χ4v) is 1.65. The molecule has 0 aliphatic rings. The smallest absolute Gasteiger partial charge is 0.184 e. The predicted octanol–water partition coefficient (Wildman–Crippen LogP) is 1.82. The summed E-state index contributed by atoms with van der Waals surface area (Å²) >= 11 is 5.94. The van der Waals surface area contributed by atoms with Crippen LogP contribution in [-0.4, -0.2) is 27.7 Å². The summed E-state index contributed by atoms with van der Waals surface area (Å²) in [5, 5.41) is 4.28. The maximum Gasteiger partial charge on any atom is 0.184 e. The number of carbonyl (C=O) groups is 1. The molecule has 6 heteroatoms. The third-order valence-corrected chi connectivity index (χ3v) is 2.54. The van der Waals surface area contributed by atoms with Gasteiger partial charge in [-0.2, -0.15) is 5.10 Å². The van der Waals surface area contributed by atoms with Crippen molar-refractivity contribution in [2.24, 2.45) is 0 Å². The SMILES string of the molecule is COc1ccc(C(=O)Cn2cncn2)cc1Cl. The standard InChI is InChI=1S/C11H10ClN3O2/c1-17-11-3-2-8(4-9(11)12)10(16)5-15-7-13-6-14-15/h2-4,6-7H,5H2,1H3. The molecule has 88 valence electrons. The molecule has 0 saturated carbocycles. The molecule has 0 unspecified atom stereocenters. The third kappa shape index (κ3) is 2.62. The third-order valence-electron chi connectivity index (χ3n) is 2.25. The van der Waals surface area contributed by atoms with Gasteiger partial charge < -0.3 is 4.74 Å². The van der Waals surface area contributed by atoms with Gasteiger partial charge in [0.2, 0.25) is 0 Å². The first-order valence-corrected chi connectivity index (χ1v) is 5.27. The number of nitrogens with zero attached hydrogens (tertiary/aromatic N) is 3. The van der Waals surface area contributed by atoms with Crippen LogP contribution in [0.25, 0.3) is 0 Å². The molecule has 0 atom stereocenters. The summed E-state index contributed by atoms with van der Waals surface area (Å²) in [6.45, 7) is 0.142. The zero-order chi connectivity index (χ0) is 12.3. The molecule has 17 heavy (non-hydrogen) atoms. The van der Waals surface area contributed by atoms with Crippen LogP contribution in [0.4, 0.5) is 0 Å². The minimum atomic E-state index is -0.0833. The number of Topliss-reactive ketones (excluding diaryl/α,β-unsaturated/α-hetero) is 1. The Morgan fingerprint density at radius 1 is 1.53 bits per heavy atom. The number of ether oxygens (including phenoxy) is 1. The second-order valence-electron chi connectivity index (χ2n) is 3.37. The molecule has 0 spiro atoms. The molecular weight excluding hydrogens is 242 g/mol. The molecule has 0 aliphatic heterocycles. The highest BCUT2D eigenvalue weighted by Crippen LogP contribution is 2.25. The maximum absolute atomic E-state index is 11.9. The van der Waals surface area contributed by atoms with Gasteiger partial charge in [0.1, 0.15) is 24.9 Å². The number of ketones is 1. The molecule has 1 aromatic heterocycles. The van der Waals surface area contributed by atoms with E-state index in [9.17, 15) is 4.79 Å². The Morgan fingerprint density at radius 3 is 2.94 bits per heavy atom. The van der Waals surface area contributed by atoms with Crippen molar-refractivity contribution >= 4 is 17.4 Å². The van der Waals surface area contributed by atoms with E-state index in [0.717, 1.165) is 0 Å². The van der Waals surface area contributed by atoms with E-state index in [1.165, 1.54) is 24.4 Å². The van der Waals surface area contributed by atoms with Gasteiger partial charge in [0.15, 0.2) is 5.78 Å². The molecule has 2 aromatic rings. The minimum absolute atomic E-state index is 0.0833. The van der Waals surface area contributed by atoms with Gasteiger partial charge in [-0.15, -0.1) is 0 Å². The number of hydrogen-bond acceptors (Lipinski definition) is 4. The van der Waals surface area contributed by atoms with Crippen molar-refractivity contribution in [1.29, 1.82) is 0 Å². The van der Waals surface area contributed by atoms with Crippen LogP contribution in [0.3, 0.4) is 0 Å². The summed E-state index contributed by atoms with van der Waals surface area (Å²) in [6, 6.07) is 4.92. The molecule has 2 rings (SSSR count). The van der Waals surface area contributed by atoms with E-state index in [0.29, 0.717) is 16.3 Å². The van der Waals surface area contributed by atoms with Crippen LogP contribution < -0.4 is 4.74 Å². The van der Waals surface area contributed by atoms with Crippen LogP contribution in [0.15, 0.2) is 30.9 Å². The number of rotatable bonds is 4. The lowest BCUT2D eigenvalue weighted by molar-refractivity contribution is 0.0967. The van der Waals surface area contributed by atoms with Crippen molar-refractivity contribution in [3.8, 4) is 5.75 Å². The second-order valence-corrected chi connectivity index (χ2v) is 3.77. The Morgan fingerprint density at radius 2 is 2.35 bits per heavy atom. The number of methoxy groups -OCH3 is 1. The molecule has 0 saturated heterocycles. The van der Waals surface area contributed by atoms with Crippen LogP contribution >= 0.6 is 11.6 Å². The lowest BCUT2D eigenvalue weighted by atomic mass is 10.1. The predicted molar refractivity (Wildman–Crippen MR) is 62.4 cm³/mol. The molecule has 0 aliphatic carbocycles. The van der Waals surface area contributed by atoms with Crippen molar-refractivity contribution in [2.45, 2.75) is 6.54 Å². The molecular formula is C11H10ClN3O2. The van der Waals surface area contributed by atoms with Crippen molar-refractivity contribution in [2.75, 3.05) is 7.11 Å². The number of carbonyl (C=O) groups excluding carboxylic acids is 1. The van der Waals surface area contributed by atoms with E-state index in [4.69, 9.17) is 16.3 Å². The van der Waals surface area contributed by atoms with Crippen molar-refractivity contribution < 1.29 is 9.53 Å². The molecule has 0 amide bonds. The maximum atomic E-state index is 11.9. The monoisotopic (exact) mass is 251 g/mol. The van der Waals surface area contributed by atoms with Crippen LogP contribution in [0.2, 0.25) is 5.02 Å². The van der Waals surface area contributed by atoms with Crippen molar-refractivity contribution in [3.05, 3.63) is 41.4 Å². The van der Waals surface area contributed by atoms with Gasteiger partial charge in [0, 0.05) is 5.56 Å². The Hall–Kier alpha value is -1.88. The largest absolute Gasteiger partial charge is 0.495 e. The van der Waals surface area contributed by atoms with Gasteiger partial charge in [0.05, 0.1) is 12.1 Å². The van der Waals surface area contributed by atoms with Gasteiger partial charge >= 0.3 is 0 Å². The van der Waals surface area contributed by atoms with Crippen molar-refractivity contribution in [1.82, 2.24) is 14.8 Å². The fourth-order valence-electron chi connectivity index (χ4n) is 1.39. The quantitative estimate of drug-likeness (QED) is 0.778. The highest BCUT2D eigenvalue weighted by molar-refractivity contribution is 6.32. The molecule has 0 N–H and O–H groups in total. The van der Waals surface area contributed by atoms with E-state index >= 15 is 0 Å². The van der Waals surface area contributed by atoms with E-state index in [2.05, 4.69) is 10.1 Å². The summed E-state index contributed by atoms with van der Waals surface area (Å²) in [5.74, 6) is 0.462. The Bertz CT molecular complexity index is 526. The Balaban J connectivity index is 2.17. The summed E-state index contributed by atoms with van der Waals surface area (Å²) in [7, 11) is 1.53. The lowest BCUT2D eigenvalue weighted by Crippen LogP contribution is -2.10. The summed E-state index contributed by atoms with van der Waals surface area (Å²) < 4.78 is 6.47. The molecule has 1 heterocycles. The molecule has 5 nitrogen and oxygen atoms in total. The van der Waals surface area contributed by atoms with Crippen LogP contribution in [0.5, 0.6) is 5.75 Å². The highest BCUT2D eigenvalue weighted by atomic mass is 35.5. The Labute approximate surface area is 103 Å². The average molecular weight is 252 g/mol. The highest BCUT2D eigenvalue weighted by Gasteiger charge is 2.10. The van der Waals surface area contributed by atoms with E-state index in [1.54, 1.807) is 18.2 Å². The van der Waals surface area contributed by atoms with Crippen molar-refractivity contribution in [3.63, 3.8) is 0 Å².